The summed E-state index contributed by atoms with van der Waals surface area (Å²) in [6.45, 7) is 2.43. The fourth-order valence-electron chi connectivity index (χ4n) is 8.47. The maximum absolute atomic E-state index is 17.2. The zero-order valence-electron chi connectivity index (χ0n) is 29.8. The Morgan fingerprint density at radius 3 is 2.38 bits per heavy atom. The molecular weight excluding hydrogens is 725 g/mol. The average Bonchev–Trinajstić information content (AvgIpc) is 3.89. The highest BCUT2D eigenvalue weighted by molar-refractivity contribution is 6.04. The number of phenolic OH excluding ortho intramolecular Hbond substituents is 1. The van der Waals surface area contributed by atoms with Crippen LogP contribution in [0, 0.1) is 46.6 Å². The molecule has 11 nitrogen and oxygen atoms in total. The summed E-state index contributed by atoms with van der Waals surface area (Å²) in [6, 6.07) is 5.69. The summed E-state index contributed by atoms with van der Waals surface area (Å²) in [6.07, 6.45) is 4.64. The number of pyridine rings is 1. The highest BCUT2D eigenvalue weighted by Crippen LogP contribution is 2.48. The van der Waals surface area contributed by atoms with E-state index in [-0.39, 0.29) is 87.6 Å². The summed E-state index contributed by atoms with van der Waals surface area (Å²) in [7, 11) is 1.30. The van der Waals surface area contributed by atoms with Gasteiger partial charge < -0.3 is 29.3 Å². The third kappa shape index (κ3) is 6.56. The number of terminal acetylenes is 1. The van der Waals surface area contributed by atoms with E-state index < -0.39 is 35.8 Å². The van der Waals surface area contributed by atoms with Crippen LogP contribution in [0.5, 0.6) is 17.6 Å². The molecule has 1 saturated carbocycles. The van der Waals surface area contributed by atoms with Crippen molar-refractivity contribution >= 4 is 33.4 Å². The molecule has 2 aromatic carbocycles. The number of likely N-dealkylation sites (tertiary alicyclic amines) is 1. The molecule has 0 radical (unpaired) electrons. The number of ether oxygens (including phenoxy) is 2. The van der Waals surface area contributed by atoms with E-state index in [0.717, 1.165) is 56.3 Å². The van der Waals surface area contributed by atoms with Gasteiger partial charge in [-0.25, -0.2) is 13.8 Å². The first-order chi connectivity index (χ1) is 26.3. The van der Waals surface area contributed by atoms with E-state index in [1.165, 1.54) is 25.3 Å². The van der Waals surface area contributed by atoms with Crippen LogP contribution in [0.1, 0.15) is 44.1 Å². The number of hydrogen-bond donors (Lipinski definition) is 1. The number of fused-ring (bicyclic) bond motifs is 4. The number of aromatic nitrogens is 3. The monoisotopic (exact) mass is 761 g/mol. The Hall–Kier alpha value is -5.48. The minimum Gasteiger partial charge on any atom is -0.508 e. The van der Waals surface area contributed by atoms with Crippen molar-refractivity contribution in [3.63, 3.8) is 0 Å². The van der Waals surface area contributed by atoms with Crippen LogP contribution in [0.15, 0.2) is 24.3 Å². The van der Waals surface area contributed by atoms with Crippen molar-refractivity contribution in [1.29, 1.82) is 5.26 Å². The van der Waals surface area contributed by atoms with E-state index in [1.54, 1.807) is 4.90 Å². The predicted molar refractivity (Wildman–Crippen MR) is 190 cm³/mol. The lowest BCUT2D eigenvalue weighted by atomic mass is 9.95. The van der Waals surface area contributed by atoms with Gasteiger partial charge in [0.15, 0.2) is 5.82 Å². The average molecular weight is 762 g/mol. The highest BCUT2D eigenvalue weighted by atomic mass is 19.4. The minimum absolute atomic E-state index is 0.0143. The Morgan fingerprint density at radius 1 is 1.05 bits per heavy atom. The zero-order valence-corrected chi connectivity index (χ0v) is 29.8. The van der Waals surface area contributed by atoms with Crippen molar-refractivity contribution in [3.8, 4) is 47.3 Å². The third-order valence-electron chi connectivity index (χ3n) is 11.4. The van der Waals surface area contributed by atoms with E-state index in [2.05, 4.69) is 26.9 Å². The van der Waals surface area contributed by atoms with Gasteiger partial charge in [-0.15, -0.1) is 6.42 Å². The number of nitriles is 1. The number of piperazine rings is 1. The number of anilines is 1. The van der Waals surface area contributed by atoms with Crippen LogP contribution in [-0.2, 0) is 4.79 Å². The summed E-state index contributed by atoms with van der Waals surface area (Å²) < 4.78 is 85.0. The standard InChI is InChI=1S/C39H36F5N7O4/c1-3-26-28(40)7-4-22-14-25(52)15-27(29(22)26)32-31(41)33-30(35(46-32)54-2)34(50-17-23-5-6-24(18-50)51(23)36(53)39(42,43)44)48-37(47-33)55-20-38(10-11-38)19-49-12-8-21(16-45)9-13-49/h1,4,7,14-15,21,23-24,52H,5-6,8-13,17-20H2,2H3/t23-,24+. The zero-order chi connectivity index (χ0) is 38.8. The van der Waals surface area contributed by atoms with Crippen LogP contribution in [0.4, 0.5) is 27.8 Å². The number of piperidine rings is 1. The molecular formula is C39H36F5N7O4. The van der Waals surface area contributed by atoms with Gasteiger partial charge in [0, 0.05) is 41.9 Å². The van der Waals surface area contributed by atoms with Gasteiger partial charge in [0.25, 0.3) is 0 Å². The number of hydrogen-bond acceptors (Lipinski definition) is 10. The lowest BCUT2D eigenvalue weighted by molar-refractivity contribution is -0.188. The summed E-state index contributed by atoms with van der Waals surface area (Å²) in [4.78, 5) is 31.0. The van der Waals surface area contributed by atoms with Gasteiger partial charge in [-0.3, -0.25) is 4.79 Å². The molecule has 2 aromatic heterocycles. The number of carbonyl (C=O) groups is 1. The molecule has 3 aliphatic heterocycles. The molecule has 286 valence electrons. The number of phenols is 1. The molecule has 2 bridgehead atoms. The van der Waals surface area contributed by atoms with Gasteiger partial charge in [0.2, 0.25) is 5.88 Å². The lowest BCUT2D eigenvalue weighted by Crippen LogP contribution is -2.59. The largest absolute Gasteiger partial charge is 0.508 e. The maximum atomic E-state index is 17.2. The van der Waals surface area contributed by atoms with Gasteiger partial charge in [0.05, 0.1) is 37.4 Å². The molecule has 8 rings (SSSR count). The Balaban J connectivity index is 1.23. The van der Waals surface area contributed by atoms with Crippen LogP contribution in [0.25, 0.3) is 32.9 Å². The van der Waals surface area contributed by atoms with Gasteiger partial charge in [0.1, 0.15) is 34.0 Å². The molecule has 4 fully saturated rings. The Bertz CT molecular complexity index is 2280. The van der Waals surface area contributed by atoms with Gasteiger partial charge in [-0.05, 0) is 75.2 Å². The number of alkyl halides is 3. The number of nitrogens with zero attached hydrogens (tertiary/aromatic N) is 7. The van der Waals surface area contributed by atoms with E-state index in [4.69, 9.17) is 20.9 Å². The van der Waals surface area contributed by atoms with Gasteiger partial charge in [-0.1, -0.05) is 12.0 Å². The molecule has 0 unspecified atom stereocenters. The number of methoxy groups -OCH3 is 1. The van der Waals surface area contributed by atoms with Crippen molar-refractivity contribution in [3.05, 3.63) is 41.5 Å². The number of carbonyl (C=O) groups excluding carboxylic acids is 1. The molecule has 5 heterocycles. The van der Waals surface area contributed by atoms with Crippen molar-refractivity contribution in [2.24, 2.45) is 11.3 Å². The fraction of sp³-hybridized carbons (Fsp3) is 0.462. The first-order valence-electron chi connectivity index (χ1n) is 18.1. The smallest absolute Gasteiger partial charge is 0.471 e. The van der Waals surface area contributed by atoms with E-state index >= 15 is 8.78 Å². The second kappa shape index (κ2) is 13.7. The Morgan fingerprint density at radius 2 is 1.76 bits per heavy atom. The normalized spacial score (nSPS) is 21.1. The van der Waals surface area contributed by atoms with Gasteiger partial charge in [-0.2, -0.15) is 28.4 Å². The van der Waals surface area contributed by atoms with Crippen LogP contribution >= 0.6 is 0 Å². The van der Waals surface area contributed by atoms with E-state index in [9.17, 15) is 28.3 Å². The molecule has 1 amide bonds. The third-order valence-corrected chi connectivity index (χ3v) is 11.4. The maximum Gasteiger partial charge on any atom is 0.471 e. The van der Waals surface area contributed by atoms with E-state index in [1.807, 2.05) is 0 Å². The van der Waals surface area contributed by atoms with Crippen molar-refractivity contribution in [1.82, 2.24) is 24.8 Å². The van der Waals surface area contributed by atoms with Gasteiger partial charge >= 0.3 is 18.1 Å². The summed E-state index contributed by atoms with van der Waals surface area (Å²) in [5.74, 6) is -1.59. The van der Waals surface area contributed by atoms with Crippen molar-refractivity contribution in [2.75, 3.05) is 51.3 Å². The molecule has 1 N–H and O–H groups in total. The summed E-state index contributed by atoms with van der Waals surface area (Å²) >= 11 is 0. The molecule has 0 spiro atoms. The number of benzene rings is 2. The quantitative estimate of drug-likeness (QED) is 0.170. The topological polar surface area (TPSA) is 128 Å². The second-order valence-electron chi connectivity index (χ2n) is 15.0. The Labute approximate surface area is 312 Å². The van der Waals surface area contributed by atoms with E-state index in [0.29, 0.717) is 18.2 Å². The molecule has 1 aliphatic carbocycles. The predicted octanol–water partition coefficient (Wildman–Crippen LogP) is 5.96. The van der Waals surface area contributed by atoms with Crippen molar-refractivity contribution in [2.45, 2.75) is 56.8 Å². The van der Waals surface area contributed by atoms with Crippen molar-refractivity contribution < 1.29 is 41.3 Å². The van der Waals surface area contributed by atoms with Crippen LogP contribution in [0.2, 0.25) is 0 Å². The number of aromatic hydroxyl groups is 1. The molecule has 3 saturated heterocycles. The first-order valence-corrected chi connectivity index (χ1v) is 18.1. The molecule has 16 heteroatoms. The molecule has 2 atom stereocenters. The van der Waals surface area contributed by atoms with Crippen LogP contribution < -0.4 is 14.4 Å². The van der Waals surface area contributed by atoms with Crippen LogP contribution in [0.3, 0.4) is 0 Å². The fourth-order valence-corrected chi connectivity index (χ4v) is 8.47. The molecule has 55 heavy (non-hydrogen) atoms. The number of amides is 1. The SMILES string of the molecule is C#Cc1c(F)ccc2cc(O)cc(-c3nc(OC)c4c(N5C[C@H]6CC[C@@H](C5)N6C(=O)C(F)(F)F)nc(OCC5(CN6CCC(C#N)CC6)CC5)nc4c3F)c12. The molecule has 4 aromatic rings. The Kier molecular flexibility index (Phi) is 9.07. The molecule has 4 aliphatic rings. The second-order valence-corrected chi connectivity index (χ2v) is 15.0. The summed E-state index contributed by atoms with van der Waals surface area (Å²) in [5.41, 5.74) is -1.06. The highest BCUT2D eigenvalue weighted by Gasteiger charge is 2.52. The minimum atomic E-state index is -5.04. The van der Waals surface area contributed by atoms with Crippen LogP contribution in [-0.4, -0.2) is 100 Å². The summed E-state index contributed by atoms with van der Waals surface area (Å²) in [5, 5.41) is 20.4. The number of rotatable bonds is 8. The number of halogens is 5. The first kappa shape index (κ1) is 36.5. The lowest BCUT2D eigenvalue weighted by Gasteiger charge is -2.42.